The number of benzene rings is 3. The van der Waals surface area contributed by atoms with E-state index < -0.39 is 0 Å². The Morgan fingerprint density at radius 3 is 2.35 bits per heavy atom. The molecule has 2 saturated heterocycles. The van der Waals surface area contributed by atoms with Gasteiger partial charge >= 0.3 is 0 Å². The van der Waals surface area contributed by atoms with E-state index in [2.05, 4.69) is 0 Å². The van der Waals surface area contributed by atoms with E-state index in [0.29, 0.717) is 12.1 Å². The first-order chi connectivity index (χ1) is 17.9. The molecule has 2 fully saturated rings. The van der Waals surface area contributed by atoms with Crippen LogP contribution < -0.4 is 0 Å². The lowest BCUT2D eigenvalue weighted by atomic mass is 9.73. The number of aliphatic hydroxyl groups is 1. The highest BCUT2D eigenvalue weighted by molar-refractivity contribution is 5.95. The monoisotopic (exact) mass is 497 g/mol. The summed E-state index contributed by atoms with van der Waals surface area (Å²) in [5, 5.41) is 10.1. The number of rotatable bonds is 6. The second kappa shape index (κ2) is 10.2. The van der Waals surface area contributed by atoms with Crippen molar-refractivity contribution in [2.45, 2.75) is 24.4 Å². The number of piperazine rings is 1. The predicted molar refractivity (Wildman–Crippen MR) is 141 cm³/mol. The maximum atomic E-state index is 13.0. The van der Waals surface area contributed by atoms with E-state index in [-0.39, 0.29) is 55.3 Å². The van der Waals surface area contributed by atoms with Crippen molar-refractivity contribution in [1.82, 2.24) is 14.7 Å². The van der Waals surface area contributed by atoms with Crippen LogP contribution in [0.25, 0.3) is 11.1 Å². The standard InChI is InChI=1S/C30H31N3O4/c1-31(2)30(37)24-10-6-9-23(16-24)21-11-13-22(14-12-21)29-25-17-32(18-28(36)33(25)26(29)19-34)27(35)15-20-7-4-3-5-8-20/h3-14,16,25-26,29,34H,15,17-19H2,1-2H3/t25-,26+,29+/m0/s1. The van der Waals surface area contributed by atoms with Crippen LogP contribution in [0, 0.1) is 0 Å². The molecule has 3 amide bonds. The van der Waals surface area contributed by atoms with Gasteiger partial charge in [0.05, 0.1) is 31.7 Å². The summed E-state index contributed by atoms with van der Waals surface area (Å²) in [7, 11) is 3.46. The SMILES string of the molecule is CN(C)C(=O)c1cccc(-c2ccc([C@H]3[C@@H](CO)N4C(=O)CN(C(=O)Cc5ccccc5)C[C@@H]34)cc2)c1. The molecular weight excluding hydrogens is 466 g/mol. The van der Waals surface area contributed by atoms with E-state index >= 15 is 0 Å². The third kappa shape index (κ3) is 4.74. The summed E-state index contributed by atoms with van der Waals surface area (Å²) in [5.41, 5.74) is 4.50. The minimum Gasteiger partial charge on any atom is -0.394 e. The van der Waals surface area contributed by atoms with Gasteiger partial charge in [-0.3, -0.25) is 14.4 Å². The third-order valence-electron chi connectivity index (χ3n) is 7.45. The number of fused-ring (bicyclic) bond motifs is 1. The fraction of sp³-hybridized carbons (Fsp3) is 0.300. The Hall–Kier alpha value is -3.97. The molecule has 0 spiro atoms. The van der Waals surface area contributed by atoms with Crippen LogP contribution >= 0.6 is 0 Å². The second-order valence-electron chi connectivity index (χ2n) is 9.98. The van der Waals surface area contributed by atoms with Crippen LogP contribution in [0.1, 0.15) is 27.4 Å². The topological polar surface area (TPSA) is 81.2 Å². The Kier molecular flexibility index (Phi) is 6.80. The summed E-state index contributed by atoms with van der Waals surface area (Å²) in [6.07, 6.45) is 0.263. The number of carbonyl (C=O) groups is 3. The molecule has 7 nitrogen and oxygen atoms in total. The van der Waals surface area contributed by atoms with Crippen LogP contribution in [0.2, 0.25) is 0 Å². The second-order valence-corrected chi connectivity index (χ2v) is 9.98. The molecule has 0 saturated carbocycles. The lowest BCUT2D eigenvalue weighted by Crippen LogP contribution is -2.73. The van der Waals surface area contributed by atoms with E-state index in [9.17, 15) is 19.5 Å². The lowest BCUT2D eigenvalue weighted by molar-refractivity contribution is -0.166. The van der Waals surface area contributed by atoms with Crippen LogP contribution in [0.4, 0.5) is 0 Å². The summed E-state index contributed by atoms with van der Waals surface area (Å²) in [6.45, 7) is 0.378. The number of hydrogen-bond donors (Lipinski definition) is 1. The zero-order valence-corrected chi connectivity index (χ0v) is 21.1. The van der Waals surface area contributed by atoms with Gasteiger partial charge in [-0.15, -0.1) is 0 Å². The highest BCUT2D eigenvalue weighted by atomic mass is 16.3. The normalized spacial score (nSPS) is 20.7. The highest BCUT2D eigenvalue weighted by Crippen LogP contribution is 2.43. The number of nitrogens with zero attached hydrogens (tertiary/aromatic N) is 3. The number of aliphatic hydroxyl groups excluding tert-OH is 1. The fourth-order valence-electron chi connectivity index (χ4n) is 5.56. The Bertz CT molecular complexity index is 1310. The zero-order chi connectivity index (χ0) is 26.1. The maximum absolute atomic E-state index is 13.0. The summed E-state index contributed by atoms with van der Waals surface area (Å²) in [6, 6.07) is 24.7. The van der Waals surface area contributed by atoms with E-state index in [1.807, 2.05) is 72.8 Å². The smallest absolute Gasteiger partial charge is 0.253 e. The molecule has 3 aromatic rings. The summed E-state index contributed by atoms with van der Waals surface area (Å²) >= 11 is 0. The molecule has 0 aliphatic carbocycles. The number of carbonyl (C=O) groups excluding carboxylic acids is 3. The van der Waals surface area contributed by atoms with Crippen LogP contribution in [-0.2, 0) is 16.0 Å². The first kappa shape index (κ1) is 24.7. The maximum Gasteiger partial charge on any atom is 0.253 e. The minimum atomic E-state index is -0.296. The molecule has 0 bridgehead atoms. The number of amides is 3. The van der Waals surface area contributed by atoms with E-state index in [1.54, 1.807) is 34.9 Å². The molecule has 37 heavy (non-hydrogen) atoms. The van der Waals surface area contributed by atoms with Gasteiger partial charge in [0.15, 0.2) is 0 Å². The summed E-state index contributed by atoms with van der Waals surface area (Å²) < 4.78 is 0. The molecular formula is C30H31N3O4. The molecule has 1 N–H and O–H groups in total. The van der Waals surface area contributed by atoms with Gasteiger partial charge in [-0.05, 0) is 34.4 Å². The van der Waals surface area contributed by atoms with Crippen molar-refractivity contribution in [3.05, 3.63) is 95.6 Å². The Morgan fingerprint density at radius 2 is 1.68 bits per heavy atom. The molecule has 0 aromatic heterocycles. The number of hydrogen-bond acceptors (Lipinski definition) is 4. The van der Waals surface area contributed by atoms with Gasteiger partial charge in [0.2, 0.25) is 11.8 Å². The van der Waals surface area contributed by atoms with Gasteiger partial charge in [0.25, 0.3) is 5.91 Å². The average molecular weight is 498 g/mol. The van der Waals surface area contributed by atoms with E-state index in [4.69, 9.17) is 0 Å². The predicted octanol–water partition coefficient (Wildman–Crippen LogP) is 2.80. The van der Waals surface area contributed by atoms with Crippen molar-refractivity contribution in [3.63, 3.8) is 0 Å². The van der Waals surface area contributed by atoms with Crippen LogP contribution in [0.15, 0.2) is 78.9 Å². The van der Waals surface area contributed by atoms with Crippen molar-refractivity contribution in [1.29, 1.82) is 0 Å². The van der Waals surface area contributed by atoms with Gasteiger partial charge < -0.3 is 19.8 Å². The highest BCUT2D eigenvalue weighted by Gasteiger charge is 2.54. The largest absolute Gasteiger partial charge is 0.394 e. The van der Waals surface area contributed by atoms with Crippen molar-refractivity contribution in [2.24, 2.45) is 0 Å². The Balaban J connectivity index is 1.34. The molecule has 3 atom stereocenters. The van der Waals surface area contributed by atoms with Crippen molar-refractivity contribution >= 4 is 17.7 Å². The summed E-state index contributed by atoms with van der Waals surface area (Å²) in [5.74, 6) is -0.288. The summed E-state index contributed by atoms with van der Waals surface area (Å²) in [4.78, 5) is 43.2. The molecule has 2 heterocycles. The fourth-order valence-corrected chi connectivity index (χ4v) is 5.56. The van der Waals surface area contributed by atoms with Crippen LogP contribution in [0.3, 0.4) is 0 Å². The Labute approximate surface area is 216 Å². The van der Waals surface area contributed by atoms with Crippen LogP contribution in [-0.4, -0.2) is 83.4 Å². The van der Waals surface area contributed by atoms with Crippen molar-refractivity contribution in [3.8, 4) is 11.1 Å². The third-order valence-corrected chi connectivity index (χ3v) is 7.45. The first-order valence-corrected chi connectivity index (χ1v) is 12.5. The van der Waals surface area contributed by atoms with Gasteiger partial charge in [-0.2, -0.15) is 0 Å². The quantitative estimate of drug-likeness (QED) is 0.568. The van der Waals surface area contributed by atoms with Gasteiger partial charge in [-0.25, -0.2) is 0 Å². The molecule has 0 radical (unpaired) electrons. The molecule has 7 heteroatoms. The molecule has 190 valence electrons. The minimum absolute atomic E-state index is 0.0480. The molecule has 5 rings (SSSR count). The van der Waals surface area contributed by atoms with Crippen LogP contribution in [0.5, 0.6) is 0 Å². The van der Waals surface area contributed by atoms with E-state index in [0.717, 1.165) is 22.3 Å². The van der Waals surface area contributed by atoms with Crippen molar-refractivity contribution < 1.29 is 19.5 Å². The van der Waals surface area contributed by atoms with Gasteiger partial charge in [0.1, 0.15) is 0 Å². The lowest BCUT2D eigenvalue weighted by Gasteiger charge is -2.58. The van der Waals surface area contributed by atoms with E-state index in [1.165, 1.54) is 0 Å². The molecule has 2 aliphatic heterocycles. The molecule has 3 aromatic carbocycles. The van der Waals surface area contributed by atoms with Crippen molar-refractivity contribution in [2.75, 3.05) is 33.8 Å². The Morgan fingerprint density at radius 1 is 0.946 bits per heavy atom. The zero-order valence-electron chi connectivity index (χ0n) is 21.1. The first-order valence-electron chi connectivity index (χ1n) is 12.5. The van der Waals surface area contributed by atoms with Gasteiger partial charge in [0, 0.05) is 32.1 Å². The van der Waals surface area contributed by atoms with Gasteiger partial charge in [-0.1, -0.05) is 66.7 Å². The average Bonchev–Trinajstić information content (AvgIpc) is 2.90. The molecule has 0 unspecified atom stereocenters. The molecule has 2 aliphatic rings.